The van der Waals surface area contributed by atoms with Gasteiger partial charge in [0.2, 0.25) is 0 Å². The molecular formula is C12H14BrN3O. The second kappa shape index (κ2) is 4.89. The first-order valence-electron chi connectivity index (χ1n) is 5.23. The summed E-state index contributed by atoms with van der Waals surface area (Å²) in [5, 5.41) is 0. The van der Waals surface area contributed by atoms with Crippen molar-refractivity contribution in [2.45, 2.75) is 6.54 Å². The molecule has 0 unspecified atom stereocenters. The molecule has 0 spiro atoms. The summed E-state index contributed by atoms with van der Waals surface area (Å²) in [7, 11) is 3.61. The zero-order valence-electron chi connectivity index (χ0n) is 9.77. The van der Waals surface area contributed by atoms with Crippen molar-refractivity contribution in [3.63, 3.8) is 0 Å². The molecule has 1 aromatic carbocycles. The number of aromatic nitrogens is 2. The lowest BCUT2D eigenvalue weighted by Crippen LogP contribution is -2.05. The van der Waals surface area contributed by atoms with Gasteiger partial charge in [-0.3, -0.25) is 0 Å². The fourth-order valence-corrected chi connectivity index (χ4v) is 2.47. The van der Waals surface area contributed by atoms with Crippen LogP contribution >= 0.6 is 15.9 Å². The van der Waals surface area contributed by atoms with Crippen LogP contribution in [-0.2, 0) is 13.6 Å². The standard InChI is InChI=1S/C12H14BrN3O/c1-16-10(7-14)15-12(13)11(16)8-4-3-5-9(6-8)17-2/h3-6H,7,14H2,1-2H3. The number of methoxy groups -OCH3 is 1. The Kier molecular flexibility index (Phi) is 3.49. The predicted octanol–water partition coefficient (Wildman–Crippen LogP) is 2.32. The van der Waals surface area contributed by atoms with Crippen molar-refractivity contribution in [3.8, 4) is 17.0 Å². The van der Waals surface area contributed by atoms with E-state index in [0.29, 0.717) is 6.54 Å². The van der Waals surface area contributed by atoms with Crippen molar-refractivity contribution in [2.24, 2.45) is 12.8 Å². The zero-order valence-corrected chi connectivity index (χ0v) is 11.4. The monoisotopic (exact) mass is 295 g/mol. The second-order valence-corrected chi connectivity index (χ2v) is 4.41. The van der Waals surface area contributed by atoms with Crippen molar-refractivity contribution in [1.82, 2.24) is 9.55 Å². The van der Waals surface area contributed by atoms with Crippen LogP contribution in [0.1, 0.15) is 5.82 Å². The highest BCUT2D eigenvalue weighted by Crippen LogP contribution is 2.30. The molecule has 17 heavy (non-hydrogen) atoms. The van der Waals surface area contributed by atoms with E-state index >= 15 is 0 Å². The van der Waals surface area contributed by atoms with Crippen LogP contribution in [0.3, 0.4) is 0 Å². The van der Waals surface area contributed by atoms with E-state index < -0.39 is 0 Å². The maximum absolute atomic E-state index is 5.64. The van der Waals surface area contributed by atoms with Gasteiger partial charge in [-0.2, -0.15) is 0 Å². The van der Waals surface area contributed by atoms with E-state index in [9.17, 15) is 0 Å². The molecule has 1 heterocycles. The fourth-order valence-electron chi connectivity index (χ4n) is 1.77. The molecule has 0 aliphatic carbocycles. The summed E-state index contributed by atoms with van der Waals surface area (Å²) < 4.78 is 8.00. The average molecular weight is 296 g/mol. The first-order valence-corrected chi connectivity index (χ1v) is 6.02. The Morgan fingerprint density at radius 2 is 2.24 bits per heavy atom. The lowest BCUT2D eigenvalue weighted by Gasteiger charge is -2.07. The topological polar surface area (TPSA) is 53.1 Å². The van der Waals surface area contributed by atoms with Crippen molar-refractivity contribution in [3.05, 3.63) is 34.7 Å². The fraction of sp³-hybridized carbons (Fsp3) is 0.250. The van der Waals surface area contributed by atoms with Gasteiger partial charge in [0.1, 0.15) is 16.2 Å². The number of benzene rings is 1. The molecule has 1 aromatic heterocycles. The van der Waals surface area contributed by atoms with Gasteiger partial charge in [0.05, 0.1) is 19.3 Å². The van der Waals surface area contributed by atoms with Gasteiger partial charge in [-0.15, -0.1) is 0 Å². The van der Waals surface area contributed by atoms with Gasteiger partial charge >= 0.3 is 0 Å². The average Bonchev–Trinajstić information content (AvgIpc) is 2.64. The minimum Gasteiger partial charge on any atom is -0.497 e. The summed E-state index contributed by atoms with van der Waals surface area (Å²) in [6.07, 6.45) is 0. The summed E-state index contributed by atoms with van der Waals surface area (Å²) in [5.74, 6) is 1.67. The van der Waals surface area contributed by atoms with Crippen LogP contribution in [0.5, 0.6) is 5.75 Å². The maximum Gasteiger partial charge on any atom is 0.132 e. The van der Waals surface area contributed by atoms with Crippen LogP contribution in [0.4, 0.5) is 0 Å². The molecular weight excluding hydrogens is 282 g/mol. The van der Waals surface area contributed by atoms with E-state index in [-0.39, 0.29) is 0 Å². The van der Waals surface area contributed by atoms with Crippen molar-refractivity contribution < 1.29 is 4.74 Å². The molecule has 0 saturated heterocycles. The number of rotatable bonds is 3. The molecule has 0 bridgehead atoms. The number of imidazole rings is 1. The van der Waals surface area contributed by atoms with Crippen molar-refractivity contribution >= 4 is 15.9 Å². The van der Waals surface area contributed by atoms with Crippen LogP contribution < -0.4 is 10.5 Å². The quantitative estimate of drug-likeness (QED) is 0.945. The van der Waals surface area contributed by atoms with E-state index in [4.69, 9.17) is 10.5 Å². The van der Waals surface area contributed by atoms with E-state index in [1.54, 1.807) is 7.11 Å². The molecule has 90 valence electrons. The molecule has 0 amide bonds. The number of ether oxygens (including phenoxy) is 1. The molecule has 4 nitrogen and oxygen atoms in total. The lowest BCUT2D eigenvalue weighted by molar-refractivity contribution is 0.415. The van der Waals surface area contributed by atoms with Gasteiger partial charge in [-0.1, -0.05) is 12.1 Å². The largest absolute Gasteiger partial charge is 0.497 e. The van der Waals surface area contributed by atoms with Gasteiger partial charge in [0, 0.05) is 12.6 Å². The highest BCUT2D eigenvalue weighted by atomic mass is 79.9. The summed E-state index contributed by atoms with van der Waals surface area (Å²) in [5.41, 5.74) is 7.69. The number of hydrogen-bond acceptors (Lipinski definition) is 3. The maximum atomic E-state index is 5.64. The number of hydrogen-bond donors (Lipinski definition) is 1. The molecule has 2 N–H and O–H groups in total. The minimum atomic E-state index is 0.416. The van der Waals surface area contributed by atoms with Crippen LogP contribution in [0.25, 0.3) is 11.3 Å². The van der Waals surface area contributed by atoms with Crippen molar-refractivity contribution in [1.29, 1.82) is 0 Å². The van der Waals surface area contributed by atoms with E-state index in [1.807, 2.05) is 35.9 Å². The normalized spacial score (nSPS) is 10.6. The Hall–Kier alpha value is -1.33. The number of nitrogens with two attached hydrogens (primary N) is 1. The van der Waals surface area contributed by atoms with Gasteiger partial charge in [0.15, 0.2) is 0 Å². The van der Waals surface area contributed by atoms with Gasteiger partial charge < -0.3 is 15.0 Å². The molecule has 0 atom stereocenters. The van der Waals surface area contributed by atoms with E-state index in [0.717, 1.165) is 27.4 Å². The van der Waals surface area contributed by atoms with Gasteiger partial charge in [-0.25, -0.2) is 4.98 Å². The molecule has 5 heteroatoms. The van der Waals surface area contributed by atoms with Crippen LogP contribution in [0.15, 0.2) is 28.9 Å². The second-order valence-electron chi connectivity index (χ2n) is 3.66. The van der Waals surface area contributed by atoms with Crippen LogP contribution in [0.2, 0.25) is 0 Å². The van der Waals surface area contributed by atoms with Crippen LogP contribution in [0, 0.1) is 0 Å². The Morgan fingerprint density at radius 1 is 1.47 bits per heavy atom. The Labute approximate surface area is 109 Å². The number of halogens is 1. The molecule has 2 aromatic rings. The summed E-state index contributed by atoms with van der Waals surface area (Å²) >= 11 is 3.46. The van der Waals surface area contributed by atoms with Crippen LogP contribution in [-0.4, -0.2) is 16.7 Å². The third-order valence-electron chi connectivity index (χ3n) is 2.67. The SMILES string of the molecule is COc1cccc(-c2c(Br)nc(CN)n2C)c1. The first kappa shape index (κ1) is 12.1. The third kappa shape index (κ3) is 2.21. The Balaban J connectivity index is 2.55. The highest BCUT2D eigenvalue weighted by Gasteiger charge is 2.13. The first-order chi connectivity index (χ1) is 8.17. The summed E-state index contributed by atoms with van der Waals surface area (Å²) in [4.78, 5) is 4.37. The molecule has 2 rings (SSSR count). The third-order valence-corrected chi connectivity index (χ3v) is 3.22. The van der Waals surface area contributed by atoms with Gasteiger partial charge in [-0.05, 0) is 28.1 Å². The summed E-state index contributed by atoms with van der Waals surface area (Å²) in [6.45, 7) is 0.416. The van der Waals surface area contributed by atoms with Crippen molar-refractivity contribution in [2.75, 3.05) is 7.11 Å². The Bertz CT molecular complexity index is 537. The molecule has 0 aliphatic rings. The molecule has 0 aliphatic heterocycles. The lowest BCUT2D eigenvalue weighted by atomic mass is 10.1. The molecule has 0 radical (unpaired) electrons. The molecule has 0 saturated carbocycles. The predicted molar refractivity (Wildman–Crippen MR) is 70.8 cm³/mol. The summed E-state index contributed by atoms with van der Waals surface area (Å²) in [6, 6.07) is 7.86. The molecule has 0 fully saturated rings. The minimum absolute atomic E-state index is 0.416. The van der Waals surface area contributed by atoms with E-state index in [1.165, 1.54) is 0 Å². The van der Waals surface area contributed by atoms with Gasteiger partial charge in [0.25, 0.3) is 0 Å². The zero-order chi connectivity index (χ0) is 12.4. The smallest absolute Gasteiger partial charge is 0.132 e. The highest BCUT2D eigenvalue weighted by molar-refractivity contribution is 9.10. The Morgan fingerprint density at radius 3 is 2.82 bits per heavy atom. The number of nitrogens with zero attached hydrogens (tertiary/aromatic N) is 2. The van der Waals surface area contributed by atoms with E-state index in [2.05, 4.69) is 20.9 Å².